The summed E-state index contributed by atoms with van der Waals surface area (Å²) in [4.78, 5) is 30.4. The van der Waals surface area contributed by atoms with Crippen LogP contribution < -0.4 is 20.7 Å². The van der Waals surface area contributed by atoms with Crippen LogP contribution in [0.25, 0.3) is 0 Å². The van der Waals surface area contributed by atoms with E-state index < -0.39 is 54.5 Å². The lowest BCUT2D eigenvalue weighted by molar-refractivity contribution is -0.274. The lowest BCUT2D eigenvalue weighted by Gasteiger charge is -2.34. The van der Waals surface area contributed by atoms with Crippen molar-refractivity contribution in [2.24, 2.45) is 5.73 Å². The molecular weight excluding hydrogens is 537 g/mol. The zero-order valence-corrected chi connectivity index (χ0v) is 22.5. The van der Waals surface area contributed by atoms with Gasteiger partial charge in [0.05, 0.1) is 24.2 Å². The molecule has 2 aliphatic rings. The van der Waals surface area contributed by atoms with Gasteiger partial charge in [-0.2, -0.15) is 0 Å². The van der Waals surface area contributed by atoms with Crippen LogP contribution in [-0.4, -0.2) is 71.7 Å². The number of nitrogens with zero attached hydrogens (tertiary/aromatic N) is 2. The smallest absolute Gasteiger partial charge is 0.471 e. The van der Waals surface area contributed by atoms with Crippen LogP contribution in [0.2, 0.25) is 0 Å². The van der Waals surface area contributed by atoms with Crippen LogP contribution in [0.1, 0.15) is 50.0 Å². The van der Waals surface area contributed by atoms with E-state index in [0.29, 0.717) is 11.0 Å². The minimum Gasteiger partial charge on any atom is -0.471 e. The van der Waals surface area contributed by atoms with Gasteiger partial charge in [0.1, 0.15) is 17.4 Å². The molecule has 2 amide bonds. The first kappa shape index (κ1) is 29.6. The predicted octanol–water partition coefficient (Wildman–Crippen LogP) is 2.94. The number of alkyl halides is 4. The molecule has 0 aliphatic carbocycles. The van der Waals surface area contributed by atoms with E-state index in [-0.39, 0.29) is 37.4 Å². The number of piperidine rings is 1. The van der Waals surface area contributed by atoms with E-state index in [4.69, 9.17) is 19.8 Å². The number of carbonyl (C=O) groups is 2. The minimum absolute atomic E-state index is 0.0594. The largest absolute Gasteiger partial charge is 0.573 e. The van der Waals surface area contributed by atoms with Crippen molar-refractivity contribution in [2.75, 3.05) is 13.1 Å². The quantitative estimate of drug-likeness (QED) is 0.405. The Morgan fingerprint density at radius 3 is 2.33 bits per heavy atom. The topological polar surface area (TPSA) is 113 Å². The van der Waals surface area contributed by atoms with E-state index in [2.05, 4.69) is 9.72 Å². The third-order valence-electron chi connectivity index (χ3n) is 7.27. The van der Waals surface area contributed by atoms with E-state index in [0.717, 1.165) is 12.1 Å². The van der Waals surface area contributed by atoms with Crippen LogP contribution >= 0.6 is 0 Å². The summed E-state index contributed by atoms with van der Waals surface area (Å²) in [6, 6.07) is 6.34. The molecule has 2 aliphatic heterocycles. The van der Waals surface area contributed by atoms with Crippen LogP contribution in [0.5, 0.6) is 11.6 Å². The van der Waals surface area contributed by atoms with Crippen LogP contribution in [0.3, 0.4) is 0 Å². The molecule has 3 heterocycles. The summed E-state index contributed by atoms with van der Waals surface area (Å²) in [5, 5.41) is 0. The predicted molar refractivity (Wildman–Crippen MR) is 136 cm³/mol. The maximum Gasteiger partial charge on any atom is 0.573 e. The molecule has 2 N–H and O–H groups in total. The summed E-state index contributed by atoms with van der Waals surface area (Å²) in [6.45, 7) is 7.43. The van der Waals surface area contributed by atoms with E-state index in [1.807, 2.05) is 27.7 Å². The molecule has 2 saturated heterocycles. The van der Waals surface area contributed by atoms with Crippen LogP contribution in [-0.2, 0) is 20.5 Å². The summed E-state index contributed by atoms with van der Waals surface area (Å²) in [6.07, 6.45) is -5.99. The second kappa shape index (κ2) is 10.9. The van der Waals surface area contributed by atoms with Gasteiger partial charge in [0.25, 0.3) is 5.91 Å². The normalized spacial score (nSPS) is 22.2. The minimum atomic E-state index is -4.82. The van der Waals surface area contributed by atoms with Gasteiger partial charge in [-0.3, -0.25) is 9.59 Å². The highest BCUT2D eigenvalue weighted by Gasteiger charge is 2.52. The Balaban J connectivity index is 1.37. The highest BCUT2D eigenvalue weighted by Crippen LogP contribution is 2.36. The van der Waals surface area contributed by atoms with Crippen molar-refractivity contribution in [2.45, 2.75) is 70.4 Å². The molecule has 0 spiro atoms. The summed E-state index contributed by atoms with van der Waals surface area (Å²) in [5.74, 6) is -1.76. The van der Waals surface area contributed by atoms with Gasteiger partial charge in [-0.15, -0.1) is 13.2 Å². The molecule has 40 heavy (non-hydrogen) atoms. The van der Waals surface area contributed by atoms with Crippen LogP contribution in [0.4, 0.5) is 17.6 Å². The lowest BCUT2D eigenvalue weighted by atomic mass is 9.79. The molecule has 2 atom stereocenters. The van der Waals surface area contributed by atoms with Crippen molar-refractivity contribution in [3.05, 3.63) is 47.7 Å². The van der Waals surface area contributed by atoms with Gasteiger partial charge < -0.3 is 29.4 Å². The first-order chi connectivity index (χ1) is 18.5. The number of rotatable bonds is 7. The maximum atomic E-state index is 15.1. The van der Waals surface area contributed by atoms with Gasteiger partial charge in [0, 0.05) is 24.6 Å². The molecule has 2 fully saturated rings. The number of hydrogen-bond donors (Lipinski definition) is 1. The summed E-state index contributed by atoms with van der Waals surface area (Å²) in [7, 11) is -0.791. The van der Waals surface area contributed by atoms with Gasteiger partial charge in [0.15, 0.2) is 6.17 Å². The molecule has 0 radical (unpaired) electrons. The summed E-state index contributed by atoms with van der Waals surface area (Å²) >= 11 is 0. The van der Waals surface area contributed by atoms with Gasteiger partial charge in [-0.25, -0.2) is 9.37 Å². The fourth-order valence-corrected chi connectivity index (χ4v) is 4.33. The Kier molecular flexibility index (Phi) is 8.05. The Labute approximate surface area is 229 Å². The lowest BCUT2D eigenvalue weighted by Crippen LogP contribution is -2.49. The fourth-order valence-electron chi connectivity index (χ4n) is 4.33. The number of aromatic nitrogens is 1. The van der Waals surface area contributed by atoms with Crippen molar-refractivity contribution in [1.82, 2.24) is 9.88 Å². The molecule has 0 bridgehead atoms. The van der Waals surface area contributed by atoms with Gasteiger partial charge in [-0.1, -0.05) is 12.1 Å². The average molecular weight is 567 g/mol. The van der Waals surface area contributed by atoms with Gasteiger partial charge in [-0.05, 0) is 51.5 Å². The van der Waals surface area contributed by atoms with Crippen molar-refractivity contribution in [3.8, 4) is 11.6 Å². The molecular formula is C26H30BF4N3O6. The number of nitrogens with two attached hydrogens (primary N) is 1. The molecule has 216 valence electrons. The number of benzene rings is 1. The van der Waals surface area contributed by atoms with E-state index in [1.165, 1.54) is 29.3 Å². The number of ether oxygens (including phenoxy) is 2. The number of carbonyl (C=O) groups excluding carboxylic acids is 2. The second-order valence-corrected chi connectivity index (χ2v) is 10.7. The molecule has 1 aromatic carbocycles. The molecule has 0 unspecified atom stereocenters. The Bertz CT molecular complexity index is 1240. The zero-order valence-electron chi connectivity index (χ0n) is 22.5. The Hall–Kier alpha value is -3.39. The molecule has 9 nitrogen and oxygen atoms in total. The van der Waals surface area contributed by atoms with Crippen molar-refractivity contribution in [3.63, 3.8) is 0 Å². The first-order valence-electron chi connectivity index (χ1n) is 12.6. The number of likely N-dealkylation sites (tertiary alicyclic amines) is 1. The molecule has 14 heteroatoms. The monoisotopic (exact) mass is 567 g/mol. The van der Waals surface area contributed by atoms with Crippen molar-refractivity contribution in [1.29, 1.82) is 0 Å². The van der Waals surface area contributed by atoms with Crippen LogP contribution in [0, 0.1) is 0 Å². The highest BCUT2D eigenvalue weighted by molar-refractivity contribution is 6.62. The Morgan fingerprint density at radius 2 is 1.77 bits per heavy atom. The number of hydrogen-bond acceptors (Lipinski definition) is 7. The average Bonchev–Trinajstić information content (AvgIpc) is 3.07. The summed E-state index contributed by atoms with van der Waals surface area (Å²) in [5.41, 5.74) is 5.17. The van der Waals surface area contributed by atoms with Crippen molar-refractivity contribution < 1.29 is 45.9 Å². The SMILES string of the molecule is CC1(C)OB(c2cnc(O[C@@H]3CCN(C(=O)Cc4ccc(OC(F)(F)F)cc4)C[C@@H]3F)c(C(N)=O)c2)OC1(C)C. The number of halogens is 4. The van der Waals surface area contributed by atoms with E-state index in [9.17, 15) is 22.8 Å². The molecule has 1 aromatic heterocycles. The van der Waals surface area contributed by atoms with E-state index in [1.54, 1.807) is 0 Å². The van der Waals surface area contributed by atoms with Crippen LogP contribution in [0.15, 0.2) is 36.5 Å². The van der Waals surface area contributed by atoms with Gasteiger partial charge in [0.2, 0.25) is 11.8 Å². The molecule has 0 saturated carbocycles. The third-order valence-corrected chi connectivity index (χ3v) is 7.27. The molecule has 4 rings (SSSR count). The van der Waals surface area contributed by atoms with Crippen molar-refractivity contribution >= 4 is 24.4 Å². The third kappa shape index (κ3) is 6.66. The number of amides is 2. The summed E-state index contributed by atoms with van der Waals surface area (Å²) < 4.78 is 73.6. The Morgan fingerprint density at radius 1 is 1.15 bits per heavy atom. The van der Waals surface area contributed by atoms with E-state index >= 15 is 4.39 Å². The number of pyridine rings is 1. The first-order valence-corrected chi connectivity index (χ1v) is 12.6. The standard InChI is InChI=1S/C26H30BF4N3O6/c1-24(2)25(3,4)40-27(39-24)16-12-18(22(32)36)23(33-13-16)37-20-9-10-34(14-19(20)28)21(35)11-15-5-7-17(8-6-15)38-26(29,30)31/h5-8,12-13,19-20H,9-11,14H2,1-4H3,(H2,32,36)/t19-,20+/m0/s1. The number of primary amides is 1. The zero-order chi connectivity index (χ0) is 29.5. The molecule has 2 aromatic rings. The maximum absolute atomic E-state index is 15.1. The highest BCUT2D eigenvalue weighted by atomic mass is 19.4. The fraction of sp³-hybridized carbons (Fsp3) is 0.500. The second-order valence-electron chi connectivity index (χ2n) is 10.7. The van der Waals surface area contributed by atoms with Gasteiger partial charge >= 0.3 is 13.5 Å².